The van der Waals surface area contributed by atoms with Crippen LogP contribution in [0, 0.1) is 12.7 Å². The molecule has 166 valence electrons. The molecule has 1 aliphatic heterocycles. The van der Waals surface area contributed by atoms with Crippen LogP contribution in [-0.4, -0.2) is 40.1 Å². The third-order valence-electron chi connectivity index (χ3n) is 5.43. The first-order valence-corrected chi connectivity index (χ1v) is 11.3. The largest absolute Gasteiger partial charge is 0.334 e. The molecule has 2 aromatic carbocycles. The van der Waals surface area contributed by atoms with Crippen molar-refractivity contribution in [1.29, 1.82) is 0 Å². The van der Waals surface area contributed by atoms with Gasteiger partial charge >= 0.3 is 6.03 Å². The number of benzene rings is 2. The van der Waals surface area contributed by atoms with Crippen molar-refractivity contribution >= 4 is 29.0 Å². The Morgan fingerprint density at radius 3 is 2.44 bits per heavy atom. The molecule has 2 N–H and O–H groups in total. The van der Waals surface area contributed by atoms with Gasteiger partial charge in [-0.15, -0.1) is 10.2 Å². The van der Waals surface area contributed by atoms with Gasteiger partial charge in [0.2, 0.25) is 5.01 Å². The highest BCUT2D eigenvalue weighted by Gasteiger charge is 2.27. The number of nitrogens with one attached hydrogen (secondary N) is 2. The van der Waals surface area contributed by atoms with Gasteiger partial charge in [-0.25, -0.2) is 9.18 Å². The quantitative estimate of drug-likeness (QED) is 0.602. The maximum atomic E-state index is 13.0. The SMILES string of the molecule is Cc1ccc(NC(=O)c2nnc(C3CCN(C(=O)NCc4ccc(F)cc4)CC3)s2)cc1. The normalized spacial score (nSPS) is 14.2. The maximum Gasteiger partial charge on any atom is 0.317 e. The van der Waals surface area contributed by atoms with Crippen LogP contribution in [0.3, 0.4) is 0 Å². The lowest BCUT2D eigenvalue weighted by Crippen LogP contribution is -2.43. The van der Waals surface area contributed by atoms with E-state index < -0.39 is 0 Å². The molecule has 0 saturated carbocycles. The molecular weight excluding hydrogens is 429 g/mol. The molecule has 7 nitrogen and oxygen atoms in total. The van der Waals surface area contributed by atoms with Crippen molar-refractivity contribution in [2.75, 3.05) is 18.4 Å². The smallest absolute Gasteiger partial charge is 0.317 e. The number of aryl methyl sites for hydroxylation is 1. The highest BCUT2D eigenvalue weighted by Crippen LogP contribution is 2.30. The third-order valence-corrected chi connectivity index (χ3v) is 6.52. The van der Waals surface area contributed by atoms with Gasteiger partial charge in [0.25, 0.3) is 5.91 Å². The minimum atomic E-state index is -0.297. The Bertz CT molecular complexity index is 1080. The predicted molar refractivity (Wildman–Crippen MR) is 121 cm³/mol. The standard InChI is InChI=1S/C23H24FN5O2S/c1-15-2-8-19(9-3-15)26-20(30)22-28-27-21(32-22)17-10-12-29(13-11-17)23(31)25-14-16-4-6-18(24)7-5-16/h2-9,17H,10-14H2,1H3,(H,25,31)(H,26,30). The van der Waals surface area contributed by atoms with Crippen molar-refractivity contribution < 1.29 is 14.0 Å². The van der Waals surface area contributed by atoms with Gasteiger partial charge in [0, 0.05) is 31.2 Å². The summed E-state index contributed by atoms with van der Waals surface area (Å²) in [7, 11) is 0. The molecule has 3 amide bonds. The number of urea groups is 1. The Morgan fingerprint density at radius 1 is 1.06 bits per heavy atom. The van der Waals surface area contributed by atoms with Crippen LogP contribution in [0.5, 0.6) is 0 Å². The zero-order valence-electron chi connectivity index (χ0n) is 17.7. The molecule has 9 heteroatoms. The Kier molecular flexibility index (Phi) is 6.75. The number of anilines is 1. The molecule has 0 atom stereocenters. The van der Waals surface area contributed by atoms with E-state index in [0.717, 1.165) is 34.7 Å². The second-order valence-corrected chi connectivity index (χ2v) is 8.82. The van der Waals surface area contributed by atoms with Crippen molar-refractivity contribution in [1.82, 2.24) is 20.4 Å². The van der Waals surface area contributed by atoms with Crippen LogP contribution < -0.4 is 10.6 Å². The van der Waals surface area contributed by atoms with Gasteiger partial charge in [0.15, 0.2) is 0 Å². The summed E-state index contributed by atoms with van der Waals surface area (Å²) in [6.07, 6.45) is 1.52. The summed E-state index contributed by atoms with van der Waals surface area (Å²) in [6.45, 7) is 3.55. The fraction of sp³-hybridized carbons (Fsp3) is 0.304. The Labute approximate surface area is 189 Å². The summed E-state index contributed by atoms with van der Waals surface area (Å²) >= 11 is 1.30. The molecule has 0 spiro atoms. The molecule has 32 heavy (non-hydrogen) atoms. The summed E-state index contributed by atoms with van der Waals surface area (Å²) < 4.78 is 13.0. The van der Waals surface area contributed by atoms with E-state index in [-0.39, 0.29) is 23.7 Å². The van der Waals surface area contributed by atoms with Gasteiger partial charge < -0.3 is 15.5 Å². The van der Waals surface area contributed by atoms with Crippen molar-refractivity contribution in [3.05, 3.63) is 75.5 Å². The molecule has 2 heterocycles. The number of carbonyl (C=O) groups is 2. The van der Waals surface area contributed by atoms with E-state index >= 15 is 0 Å². The van der Waals surface area contributed by atoms with Gasteiger partial charge in [-0.3, -0.25) is 4.79 Å². The molecule has 1 saturated heterocycles. The van der Waals surface area contributed by atoms with Gasteiger partial charge in [-0.2, -0.15) is 0 Å². The highest BCUT2D eigenvalue weighted by atomic mass is 32.1. The lowest BCUT2D eigenvalue weighted by atomic mass is 9.98. The molecule has 1 aliphatic rings. The van der Waals surface area contributed by atoms with Crippen molar-refractivity contribution in [3.63, 3.8) is 0 Å². The van der Waals surface area contributed by atoms with E-state index in [1.54, 1.807) is 17.0 Å². The number of halogens is 1. The van der Waals surface area contributed by atoms with E-state index in [1.165, 1.54) is 23.5 Å². The highest BCUT2D eigenvalue weighted by molar-refractivity contribution is 7.13. The number of hydrogen-bond donors (Lipinski definition) is 2. The number of piperidine rings is 1. The summed E-state index contributed by atoms with van der Waals surface area (Å²) in [6, 6.07) is 13.5. The fourth-order valence-corrected chi connectivity index (χ4v) is 4.44. The minimum absolute atomic E-state index is 0.136. The van der Waals surface area contributed by atoms with E-state index in [9.17, 15) is 14.0 Å². The average molecular weight is 454 g/mol. The third kappa shape index (κ3) is 5.47. The Morgan fingerprint density at radius 2 is 1.75 bits per heavy atom. The minimum Gasteiger partial charge on any atom is -0.334 e. The van der Waals surface area contributed by atoms with Gasteiger partial charge in [-0.1, -0.05) is 41.2 Å². The molecule has 0 unspecified atom stereocenters. The Hall–Kier alpha value is -3.33. The maximum absolute atomic E-state index is 13.0. The monoisotopic (exact) mass is 453 g/mol. The topological polar surface area (TPSA) is 87.2 Å². The second kappa shape index (κ2) is 9.86. The molecular formula is C23H24FN5O2S. The first-order chi connectivity index (χ1) is 15.5. The molecule has 4 rings (SSSR count). The van der Waals surface area contributed by atoms with Gasteiger partial charge in [0.05, 0.1) is 0 Å². The van der Waals surface area contributed by atoms with Crippen LogP contribution in [0.1, 0.15) is 44.7 Å². The van der Waals surface area contributed by atoms with Crippen LogP contribution >= 0.6 is 11.3 Å². The van der Waals surface area contributed by atoms with E-state index in [4.69, 9.17) is 0 Å². The Balaban J connectivity index is 1.26. The van der Waals surface area contributed by atoms with Gasteiger partial charge in [0.1, 0.15) is 10.8 Å². The molecule has 0 radical (unpaired) electrons. The second-order valence-electron chi connectivity index (χ2n) is 7.81. The molecule has 3 aromatic rings. The number of hydrogen-bond acceptors (Lipinski definition) is 5. The van der Waals surface area contributed by atoms with Crippen LogP contribution in [0.2, 0.25) is 0 Å². The van der Waals surface area contributed by atoms with Crippen molar-refractivity contribution in [2.45, 2.75) is 32.2 Å². The van der Waals surface area contributed by atoms with E-state index in [0.29, 0.717) is 24.6 Å². The first-order valence-electron chi connectivity index (χ1n) is 10.5. The van der Waals surface area contributed by atoms with Gasteiger partial charge in [-0.05, 0) is 49.6 Å². The zero-order chi connectivity index (χ0) is 22.5. The summed E-state index contributed by atoms with van der Waals surface area (Å²) in [5, 5.41) is 15.2. The predicted octanol–water partition coefficient (Wildman–Crippen LogP) is 4.33. The number of amides is 3. The van der Waals surface area contributed by atoms with Crippen LogP contribution in [-0.2, 0) is 6.54 Å². The number of likely N-dealkylation sites (tertiary alicyclic amines) is 1. The van der Waals surface area contributed by atoms with E-state index in [2.05, 4.69) is 20.8 Å². The number of carbonyl (C=O) groups excluding carboxylic acids is 2. The summed E-state index contributed by atoms with van der Waals surface area (Å²) in [4.78, 5) is 26.7. The number of nitrogens with zero attached hydrogens (tertiary/aromatic N) is 3. The molecule has 0 aliphatic carbocycles. The van der Waals surface area contributed by atoms with Crippen LogP contribution in [0.15, 0.2) is 48.5 Å². The molecule has 1 fully saturated rings. The summed E-state index contributed by atoms with van der Waals surface area (Å²) in [5.41, 5.74) is 2.69. The van der Waals surface area contributed by atoms with Crippen molar-refractivity contribution in [2.24, 2.45) is 0 Å². The van der Waals surface area contributed by atoms with Crippen LogP contribution in [0.25, 0.3) is 0 Å². The zero-order valence-corrected chi connectivity index (χ0v) is 18.5. The van der Waals surface area contributed by atoms with Crippen LogP contribution in [0.4, 0.5) is 14.9 Å². The lowest BCUT2D eigenvalue weighted by molar-refractivity contribution is 0.102. The molecule has 1 aromatic heterocycles. The number of rotatable bonds is 5. The lowest BCUT2D eigenvalue weighted by Gasteiger charge is -2.31. The fourth-order valence-electron chi connectivity index (χ4n) is 3.53. The van der Waals surface area contributed by atoms with E-state index in [1.807, 2.05) is 31.2 Å². The first kappa shape index (κ1) is 21.9. The summed E-state index contributed by atoms with van der Waals surface area (Å²) in [5.74, 6) is -0.389. The average Bonchev–Trinajstić information content (AvgIpc) is 3.31. The van der Waals surface area contributed by atoms with Crippen molar-refractivity contribution in [3.8, 4) is 0 Å². The molecule has 0 bridgehead atoms. The number of aromatic nitrogens is 2.